The summed E-state index contributed by atoms with van der Waals surface area (Å²) < 4.78 is 11.6. The predicted molar refractivity (Wildman–Crippen MR) is 75.5 cm³/mol. The van der Waals surface area contributed by atoms with E-state index in [1.165, 1.54) is 4.90 Å². The molecule has 1 aliphatic rings. The molecule has 0 aromatic heterocycles. The number of hydrogen-bond donors (Lipinski definition) is 1. The lowest BCUT2D eigenvalue weighted by Gasteiger charge is -2.31. The maximum absolute atomic E-state index is 11.0. The fourth-order valence-electron chi connectivity index (χ4n) is 2.29. The Morgan fingerprint density at radius 1 is 1.35 bits per heavy atom. The van der Waals surface area contributed by atoms with Gasteiger partial charge in [-0.25, -0.2) is 4.79 Å². The van der Waals surface area contributed by atoms with Gasteiger partial charge in [0, 0.05) is 6.54 Å². The summed E-state index contributed by atoms with van der Waals surface area (Å²) in [6.45, 7) is 4.91. The van der Waals surface area contributed by atoms with Crippen LogP contribution >= 0.6 is 0 Å². The van der Waals surface area contributed by atoms with Gasteiger partial charge in [-0.3, -0.25) is 0 Å². The summed E-state index contributed by atoms with van der Waals surface area (Å²) >= 11 is 0. The fourth-order valence-corrected chi connectivity index (χ4v) is 2.29. The summed E-state index contributed by atoms with van der Waals surface area (Å²) in [6, 6.07) is 7.51. The Labute approximate surface area is 119 Å². The summed E-state index contributed by atoms with van der Waals surface area (Å²) in [5.41, 5.74) is 0. The van der Waals surface area contributed by atoms with Gasteiger partial charge in [0.15, 0.2) is 11.5 Å². The summed E-state index contributed by atoms with van der Waals surface area (Å²) in [4.78, 5) is 12.4. The van der Waals surface area contributed by atoms with Crippen molar-refractivity contribution < 1.29 is 19.4 Å². The number of hydrogen-bond acceptors (Lipinski definition) is 3. The van der Waals surface area contributed by atoms with Crippen LogP contribution < -0.4 is 9.47 Å². The second-order valence-corrected chi connectivity index (χ2v) is 5.22. The summed E-state index contributed by atoms with van der Waals surface area (Å²) in [6.07, 6.45) is 0.757. The number of benzene rings is 1. The molecule has 1 amide bonds. The Bertz CT molecular complexity index is 461. The minimum Gasteiger partial charge on any atom is -0.487 e. The van der Waals surface area contributed by atoms with E-state index in [1.807, 2.05) is 38.1 Å². The average Bonchev–Trinajstić information content (AvgIpc) is 2.41. The van der Waals surface area contributed by atoms with Crippen LogP contribution in [0.15, 0.2) is 24.3 Å². The standard InChI is InChI=1S/C15H21NO4/c1-11(2)19-13-7-3-4-8-14(13)20-12-6-5-9-16(10-12)15(17)18/h3-4,7-8,11-12H,5-6,9-10H2,1-2H3,(H,17,18)/t12-/m1/s1. The van der Waals surface area contributed by atoms with E-state index in [-0.39, 0.29) is 12.2 Å². The highest BCUT2D eigenvalue weighted by Crippen LogP contribution is 2.29. The average molecular weight is 279 g/mol. The van der Waals surface area contributed by atoms with Crippen molar-refractivity contribution in [2.75, 3.05) is 13.1 Å². The van der Waals surface area contributed by atoms with Crippen molar-refractivity contribution >= 4 is 6.09 Å². The van der Waals surface area contributed by atoms with Gasteiger partial charge in [-0.05, 0) is 38.8 Å². The van der Waals surface area contributed by atoms with Gasteiger partial charge in [0.25, 0.3) is 0 Å². The van der Waals surface area contributed by atoms with Crippen LogP contribution in [0, 0.1) is 0 Å². The van der Waals surface area contributed by atoms with Gasteiger partial charge >= 0.3 is 6.09 Å². The van der Waals surface area contributed by atoms with E-state index in [4.69, 9.17) is 14.6 Å². The third-order valence-electron chi connectivity index (χ3n) is 3.15. The summed E-state index contributed by atoms with van der Waals surface area (Å²) in [5.74, 6) is 1.38. The molecule has 1 atom stereocenters. The smallest absolute Gasteiger partial charge is 0.407 e. The minimum atomic E-state index is -0.884. The van der Waals surface area contributed by atoms with E-state index in [2.05, 4.69) is 0 Å². The van der Waals surface area contributed by atoms with Crippen LogP contribution in [-0.4, -0.2) is 41.4 Å². The van der Waals surface area contributed by atoms with Crippen molar-refractivity contribution in [1.82, 2.24) is 4.90 Å². The van der Waals surface area contributed by atoms with Crippen molar-refractivity contribution in [3.8, 4) is 11.5 Å². The molecule has 1 fully saturated rings. The Morgan fingerprint density at radius 3 is 2.70 bits per heavy atom. The van der Waals surface area contributed by atoms with Crippen LogP contribution in [0.2, 0.25) is 0 Å². The Kier molecular flexibility index (Phi) is 4.71. The highest BCUT2D eigenvalue weighted by molar-refractivity contribution is 5.65. The highest BCUT2D eigenvalue weighted by atomic mass is 16.5. The molecule has 110 valence electrons. The molecule has 5 heteroatoms. The first-order valence-electron chi connectivity index (χ1n) is 6.96. The van der Waals surface area contributed by atoms with Gasteiger partial charge in [0.05, 0.1) is 12.6 Å². The maximum atomic E-state index is 11.0. The van der Waals surface area contributed by atoms with Gasteiger partial charge in [-0.15, -0.1) is 0 Å². The molecule has 1 aromatic rings. The number of ether oxygens (including phenoxy) is 2. The van der Waals surface area contributed by atoms with Crippen molar-refractivity contribution in [2.45, 2.75) is 38.9 Å². The molecule has 0 aliphatic carbocycles. The molecule has 1 aromatic carbocycles. The Balaban J connectivity index is 2.04. The fraction of sp³-hybridized carbons (Fsp3) is 0.533. The monoisotopic (exact) mass is 279 g/mol. The summed E-state index contributed by atoms with van der Waals surface area (Å²) in [5, 5.41) is 9.04. The molecule has 2 rings (SSSR count). The third kappa shape index (κ3) is 3.79. The molecule has 0 saturated carbocycles. The van der Waals surface area contributed by atoms with E-state index in [0.29, 0.717) is 24.6 Å². The number of likely N-dealkylation sites (tertiary alicyclic amines) is 1. The molecule has 0 radical (unpaired) electrons. The lowest BCUT2D eigenvalue weighted by atomic mass is 10.1. The van der Waals surface area contributed by atoms with Crippen LogP contribution in [0.1, 0.15) is 26.7 Å². The van der Waals surface area contributed by atoms with Crippen LogP contribution in [-0.2, 0) is 0 Å². The number of carboxylic acid groups (broad SMARTS) is 1. The molecule has 0 spiro atoms. The second-order valence-electron chi connectivity index (χ2n) is 5.22. The first-order chi connectivity index (χ1) is 9.56. The molecule has 1 aliphatic heterocycles. The van der Waals surface area contributed by atoms with E-state index in [0.717, 1.165) is 12.8 Å². The number of piperidine rings is 1. The van der Waals surface area contributed by atoms with Crippen molar-refractivity contribution in [3.63, 3.8) is 0 Å². The third-order valence-corrected chi connectivity index (χ3v) is 3.15. The molecule has 1 heterocycles. The zero-order valence-corrected chi connectivity index (χ0v) is 11.9. The molecule has 1 N–H and O–H groups in total. The largest absolute Gasteiger partial charge is 0.487 e. The van der Waals surface area contributed by atoms with Crippen LogP contribution in [0.5, 0.6) is 11.5 Å². The van der Waals surface area contributed by atoms with Gasteiger partial charge in [0.2, 0.25) is 0 Å². The van der Waals surface area contributed by atoms with E-state index in [9.17, 15) is 4.79 Å². The van der Waals surface area contributed by atoms with Crippen molar-refractivity contribution in [3.05, 3.63) is 24.3 Å². The lowest BCUT2D eigenvalue weighted by Crippen LogP contribution is -2.43. The van der Waals surface area contributed by atoms with Gasteiger partial charge in [-0.2, -0.15) is 0 Å². The van der Waals surface area contributed by atoms with E-state index >= 15 is 0 Å². The number of para-hydroxylation sites is 2. The van der Waals surface area contributed by atoms with Gasteiger partial charge in [-0.1, -0.05) is 12.1 Å². The molecule has 0 bridgehead atoms. The van der Waals surface area contributed by atoms with Crippen molar-refractivity contribution in [1.29, 1.82) is 0 Å². The Hall–Kier alpha value is -1.91. The SMILES string of the molecule is CC(C)Oc1ccccc1O[C@@H]1CCCN(C(=O)O)C1. The number of amides is 1. The van der Waals surface area contributed by atoms with Crippen molar-refractivity contribution in [2.24, 2.45) is 0 Å². The number of nitrogens with zero attached hydrogens (tertiary/aromatic N) is 1. The second kappa shape index (κ2) is 6.50. The zero-order chi connectivity index (χ0) is 14.5. The quantitative estimate of drug-likeness (QED) is 0.920. The molecule has 0 unspecified atom stereocenters. The van der Waals surface area contributed by atoms with Crippen LogP contribution in [0.25, 0.3) is 0 Å². The lowest BCUT2D eigenvalue weighted by molar-refractivity contribution is 0.0763. The Morgan fingerprint density at radius 2 is 2.05 bits per heavy atom. The van der Waals surface area contributed by atoms with Crippen LogP contribution in [0.4, 0.5) is 4.79 Å². The first kappa shape index (κ1) is 14.5. The number of carbonyl (C=O) groups is 1. The molecule has 1 saturated heterocycles. The summed E-state index contributed by atoms with van der Waals surface area (Å²) in [7, 11) is 0. The molecule has 20 heavy (non-hydrogen) atoms. The normalized spacial score (nSPS) is 18.9. The predicted octanol–water partition coefficient (Wildman–Crippen LogP) is 3.00. The topological polar surface area (TPSA) is 59.0 Å². The number of rotatable bonds is 4. The van der Waals surface area contributed by atoms with Gasteiger partial charge in [0.1, 0.15) is 6.10 Å². The van der Waals surface area contributed by atoms with E-state index < -0.39 is 6.09 Å². The van der Waals surface area contributed by atoms with E-state index in [1.54, 1.807) is 0 Å². The van der Waals surface area contributed by atoms with Crippen LogP contribution in [0.3, 0.4) is 0 Å². The minimum absolute atomic E-state index is 0.0709. The first-order valence-corrected chi connectivity index (χ1v) is 6.96. The maximum Gasteiger partial charge on any atom is 0.407 e. The molecular weight excluding hydrogens is 258 g/mol. The zero-order valence-electron chi connectivity index (χ0n) is 11.9. The van der Waals surface area contributed by atoms with Gasteiger partial charge < -0.3 is 19.5 Å². The molecule has 5 nitrogen and oxygen atoms in total. The highest BCUT2D eigenvalue weighted by Gasteiger charge is 2.25. The molecular formula is C15H21NO4.